The Bertz CT molecular complexity index is 438. The summed E-state index contributed by atoms with van der Waals surface area (Å²) < 4.78 is 44.4. The van der Waals surface area contributed by atoms with Crippen molar-refractivity contribution < 1.29 is 27.2 Å². The van der Waals surface area contributed by atoms with E-state index in [1.807, 2.05) is 0 Å². The van der Waals surface area contributed by atoms with Crippen molar-refractivity contribution in [1.82, 2.24) is 0 Å². The number of halogens is 1. The molecule has 2 aliphatic heterocycles. The van der Waals surface area contributed by atoms with Crippen LogP contribution in [0.4, 0.5) is 0 Å². The van der Waals surface area contributed by atoms with E-state index in [9.17, 15) is 8.42 Å². The number of ether oxygens (including phenoxy) is 2. The molecule has 1 N–H and O–H groups in total. The van der Waals surface area contributed by atoms with E-state index < -0.39 is 47.8 Å². The van der Waals surface area contributed by atoms with Crippen LogP contribution in [0.3, 0.4) is 0 Å². The molecule has 19 heavy (non-hydrogen) atoms. The molecule has 2 fully saturated rings. The molecule has 0 aromatic heterocycles. The lowest BCUT2D eigenvalue weighted by Gasteiger charge is -2.33. The van der Waals surface area contributed by atoms with Crippen LogP contribution in [0, 0.1) is 0 Å². The van der Waals surface area contributed by atoms with Gasteiger partial charge in [0, 0.05) is 24.2 Å². The summed E-state index contributed by atoms with van der Waals surface area (Å²) in [5, 5.41) is 8.46. The number of aliphatic hydroxyl groups excluding tert-OH is 1. The smallest absolute Gasteiger partial charge is 0.273 e. The molecule has 6 nitrogen and oxygen atoms in total. The van der Waals surface area contributed by atoms with Gasteiger partial charge in [0.05, 0.1) is 6.61 Å². The molecule has 0 bridgehead atoms. The van der Waals surface area contributed by atoms with E-state index in [0.29, 0.717) is 19.4 Å². The first-order valence-electron chi connectivity index (χ1n) is 6.04. The van der Waals surface area contributed by atoms with E-state index in [-0.39, 0.29) is 17.1 Å². The molecule has 0 amide bonds. The van der Waals surface area contributed by atoms with Gasteiger partial charge in [-0.3, -0.25) is 4.18 Å². The minimum absolute atomic E-state index is 0.00641. The van der Waals surface area contributed by atoms with Gasteiger partial charge >= 0.3 is 0 Å². The molecule has 4 atom stereocenters. The Labute approximate surface area is 123 Å². The van der Waals surface area contributed by atoms with Crippen LogP contribution < -0.4 is 0 Å². The highest BCUT2D eigenvalue weighted by atomic mass is 127. The van der Waals surface area contributed by atoms with Crippen LogP contribution in [0.25, 0.3) is 0 Å². The molecular weight excluding hydrogens is 387 g/mol. The molecule has 2 rings (SSSR count). The normalized spacial score (nSPS) is 38.2. The molecule has 0 spiro atoms. The third-order valence-electron chi connectivity index (χ3n) is 3.67. The molecule has 4 unspecified atom stereocenters. The Kier molecular flexibility index (Phi) is 5.00. The summed E-state index contributed by atoms with van der Waals surface area (Å²) in [6, 6.07) is 0. The van der Waals surface area contributed by atoms with Gasteiger partial charge in [0.1, 0.15) is 17.0 Å². The Morgan fingerprint density at radius 3 is 2.95 bits per heavy atom. The summed E-state index contributed by atoms with van der Waals surface area (Å²) in [4.78, 5) is 0. The van der Waals surface area contributed by atoms with Crippen molar-refractivity contribution in [2.24, 2.45) is 0 Å². The second-order valence-electron chi connectivity index (χ2n) is 4.71. The molecule has 2 saturated heterocycles. The highest BCUT2D eigenvalue weighted by Gasteiger charge is 2.65. The first-order valence-corrected chi connectivity index (χ1v) is 10.3. The number of hydrogen-bond donors (Lipinski definition) is 1. The maximum Gasteiger partial charge on any atom is 0.273 e. The molecule has 0 aromatic rings. The number of aliphatic hydroxyl groups is 1. The van der Waals surface area contributed by atoms with E-state index in [1.165, 1.54) is 7.11 Å². The average molecular weight is 406 g/mol. The third kappa shape index (κ3) is 2.62. The van der Waals surface area contributed by atoms with Gasteiger partial charge in [-0.2, -0.15) is 8.42 Å². The predicted octanol–water partition coefficient (Wildman–Crippen LogP) is 0.0428. The monoisotopic (exact) mass is 406 g/mol. The van der Waals surface area contributed by atoms with E-state index in [2.05, 4.69) is 4.51 Å². The highest BCUT2D eigenvalue weighted by Crippen LogP contribution is 2.47. The number of alkyl halides is 1. The van der Waals surface area contributed by atoms with Crippen molar-refractivity contribution >= 4 is 35.4 Å². The summed E-state index contributed by atoms with van der Waals surface area (Å²) in [6.45, 7) is 0.579. The Hall–Kier alpha value is 0.390. The van der Waals surface area contributed by atoms with Crippen molar-refractivity contribution in [2.75, 3.05) is 26.9 Å². The van der Waals surface area contributed by atoms with E-state index in [0.717, 1.165) is 0 Å². The Balaban J connectivity index is 2.38. The molecule has 0 saturated carbocycles. The van der Waals surface area contributed by atoms with Crippen molar-refractivity contribution in [3.8, 4) is 0 Å². The zero-order valence-corrected chi connectivity index (χ0v) is 13.7. The van der Waals surface area contributed by atoms with Gasteiger partial charge in [0.15, 0.2) is 0 Å². The lowest BCUT2D eigenvalue weighted by atomic mass is 9.90. The van der Waals surface area contributed by atoms with Crippen LogP contribution in [0.5, 0.6) is 0 Å². The third-order valence-corrected chi connectivity index (χ3v) is 7.88. The van der Waals surface area contributed by atoms with Crippen LogP contribution in [0.2, 0.25) is 0 Å². The molecule has 2 heterocycles. The molecule has 0 radical (unpaired) electrons. The van der Waals surface area contributed by atoms with Crippen molar-refractivity contribution in [1.29, 1.82) is 0 Å². The first-order chi connectivity index (χ1) is 9.01. The maximum absolute atomic E-state index is 12.1. The molecular formula is C11H19IO6S. The van der Waals surface area contributed by atoms with Crippen LogP contribution in [0.1, 0.15) is 12.8 Å². The minimum Gasteiger partial charge on any atom is -0.396 e. The molecule has 0 aromatic carbocycles. The van der Waals surface area contributed by atoms with Crippen LogP contribution in [-0.4, -0.2) is 65.8 Å². The lowest BCUT2D eigenvalue weighted by Crippen LogP contribution is -2.52. The number of rotatable bonds is 6. The van der Waals surface area contributed by atoms with Crippen LogP contribution in [0.15, 0.2) is 0 Å². The standard InChI is InChI=1S/C11H19IO6S/c1-12-8(3-5-13)10-11(7-16-2)9(4-6-17-11)19(14,15)18-10/h8-10,13H,1,3-7H2,2H3. The van der Waals surface area contributed by atoms with Gasteiger partial charge in [-0.05, 0) is 12.8 Å². The summed E-state index contributed by atoms with van der Waals surface area (Å²) in [7, 11) is -2.10. The fourth-order valence-corrected chi connectivity index (χ4v) is 6.88. The molecule has 112 valence electrons. The van der Waals surface area contributed by atoms with Gasteiger partial charge in [-0.1, -0.05) is 4.51 Å². The topological polar surface area (TPSA) is 82.1 Å². The van der Waals surface area contributed by atoms with Crippen molar-refractivity contribution in [3.05, 3.63) is 0 Å². The van der Waals surface area contributed by atoms with Gasteiger partial charge < -0.3 is 14.6 Å². The zero-order valence-electron chi connectivity index (χ0n) is 10.7. The summed E-state index contributed by atoms with van der Waals surface area (Å²) >= 11 is -0.524. The van der Waals surface area contributed by atoms with Crippen molar-refractivity contribution in [2.45, 2.75) is 33.7 Å². The average Bonchev–Trinajstić information content (AvgIpc) is 2.86. The summed E-state index contributed by atoms with van der Waals surface area (Å²) in [6.07, 6.45) is 0.338. The van der Waals surface area contributed by atoms with Gasteiger partial charge in [-0.25, -0.2) is 0 Å². The largest absolute Gasteiger partial charge is 0.396 e. The van der Waals surface area contributed by atoms with Crippen LogP contribution >= 0.6 is 20.7 Å². The molecule has 0 aliphatic carbocycles. The fourth-order valence-electron chi connectivity index (χ4n) is 2.88. The van der Waals surface area contributed by atoms with E-state index >= 15 is 0 Å². The summed E-state index contributed by atoms with van der Waals surface area (Å²) in [5.41, 5.74) is -0.926. The maximum atomic E-state index is 12.1. The second-order valence-corrected chi connectivity index (χ2v) is 8.93. The number of methoxy groups -OCH3 is 1. The fraction of sp³-hybridized carbons (Fsp3) is 0.909. The van der Waals surface area contributed by atoms with E-state index in [4.69, 9.17) is 18.8 Å². The summed E-state index contributed by atoms with van der Waals surface area (Å²) in [5.74, 6) is 0. The SMILES string of the molecule is C=IC(CCO)C1OS(=O)(=O)C2CCOC12COC. The molecule has 8 heteroatoms. The Morgan fingerprint density at radius 2 is 2.37 bits per heavy atom. The number of hydrogen-bond acceptors (Lipinski definition) is 6. The van der Waals surface area contributed by atoms with Crippen molar-refractivity contribution in [3.63, 3.8) is 0 Å². The first kappa shape index (κ1) is 15.8. The minimum atomic E-state index is -3.62. The van der Waals surface area contributed by atoms with Gasteiger partial charge in [0.25, 0.3) is 10.1 Å². The van der Waals surface area contributed by atoms with Gasteiger partial charge in [0.2, 0.25) is 0 Å². The quantitative estimate of drug-likeness (QED) is 0.381. The Morgan fingerprint density at radius 1 is 1.63 bits per heavy atom. The number of fused-ring (bicyclic) bond motifs is 1. The lowest BCUT2D eigenvalue weighted by molar-refractivity contribution is -0.0955. The second kappa shape index (κ2) is 6.02. The van der Waals surface area contributed by atoms with Gasteiger partial charge in [-0.15, -0.1) is 20.7 Å². The molecule has 2 aliphatic rings. The highest BCUT2D eigenvalue weighted by molar-refractivity contribution is 14.2. The predicted molar refractivity (Wildman–Crippen MR) is 79.4 cm³/mol. The zero-order chi connectivity index (χ0) is 14.1. The van der Waals surface area contributed by atoms with E-state index in [1.54, 1.807) is 0 Å². The van der Waals surface area contributed by atoms with Crippen LogP contribution in [-0.2, 0) is 23.8 Å².